The summed E-state index contributed by atoms with van der Waals surface area (Å²) < 4.78 is 18.4. The molecule has 0 heterocycles. The molecule has 1 unspecified atom stereocenters. The molecular weight excluding hydrogens is 297 g/mol. The lowest BCUT2D eigenvalue weighted by Gasteiger charge is -2.23. The van der Waals surface area contributed by atoms with E-state index in [1.54, 1.807) is 6.92 Å². The Morgan fingerprint density at radius 1 is 1.52 bits per heavy atom. The van der Waals surface area contributed by atoms with Crippen LogP contribution in [0.3, 0.4) is 0 Å². The zero-order valence-corrected chi connectivity index (χ0v) is 12.6. The first-order chi connectivity index (χ1) is 9.89. The molecule has 4 nitrogen and oxygen atoms in total. The minimum atomic E-state index is -0.803. The molecular formula is C15H19ClFNO3. The second kappa shape index (κ2) is 6.62. The van der Waals surface area contributed by atoms with Crippen molar-refractivity contribution < 1.29 is 19.0 Å². The maximum atomic E-state index is 12.9. The fraction of sp³-hybridized carbons (Fsp3) is 0.533. The Balaban J connectivity index is 1.87. The summed E-state index contributed by atoms with van der Waals surface area (Å²) in [4.78, 5) is 12.0. The molecule has 2 rings (SSSR count). The van der Waals surface area contributed by atoms with Gasteiger partial charge in [0, 0.05) is 6.54 Å². The van der Waals surface area contributed by atoms with Crippen LogP contribution in [0, 0.1) is 5.82 Å². The van der Waals surface area contributed by atoms with E-state index in [4.69, 9.17) is 16.3 Å². The molecule has 1 saturated carbocycles. The molecule has 0 bridgehead atoms. The van der Waals surface area contributed by atoms with Crippen molar-refractivity contribution in [3.05, 3.63) is 29.0 Å². The molecule has 1 atom stereocenters. The van der Waals surface area contributed by atoms with Crippen molar-refractivity contribution >= 4 is 17.5 Å². The lowest BCUT2D eigenvalue weighted by molar-refractivity contribution is -0.128. The number of rotatable bonds is 5. The number of ether oxygens (including phenoxy) is 1. The minimum Gasteiger partial charge on any atom is -0.479 e. The van der Waals surface area contributed by atoms with E-state index < -0.39 is 17.5 Å². The summed E-state index contributed by atoms with van der Waals surface area (Å²) in [7, 11) is 0. The van der Waals surface area contributed by atoms with E-state index >= 15 is 0 Å². The predicted octanol–water partition coefficient (Wildman–Crippen LogP) is 2.67. The van der Waals surface area contributed by atoms with Gasteiger partial charge in [-0.3, -0.25) is 4.79 Å². The number of hydrogen-bond acceptors (Lipinski definition) is 3. The first-order valence-electron chi connectivity index (χ1n) is 7.01. The lowest BCUT2D eigenvalue weighted by Crippen LogP contribution is -2.45. The molecule has 1 aliphatic rings. The molecule has 1 aromatic rings. The minimum absolute atomic E-state index is 0.115. The van der Waals surface area contributed by atoms with Gasteiger partial charge in [0.05, 0.1) is 10.6 Å². The van der Waals surface area contributed by atoms with Gasteiger partial charge >= 0.3 is 0 Å². The van der Waals surface area contributed by atoms with Gasteiger partial charge in [0.2, 0.25) is 0 Å². The van der Waals surface area contributed by atoms with Crippen LogP contribution in [0.4, 0.5) is 4.39 Å². The quantitative estimate of drug-likeness (QED) is 0.878. The van der Waals surface area contributed by atoms with E-state index in [1.807, 2.05) is 0 Å². The van der Waals surface area contributed by atoms with Crippen molar-refractivity contribution in [2.24, 2.45) is 0 Å². The number of nitrogens with one attached hydrogen (secondary N) is 1. The zero-order valence-electron chi connectivity index (χ0n) is 11.9. The molecule has 6 heteroatoms. The van der Waals surface area contributed by atoms with E-state index in [1.165, 1.54) is 12.1 Å². The third-order valence-electron chi connectivity index (χ3n) is 3.69. The Kier molecular flexibility index (Phi) is 5.06. The van der Waals surface area contributed by atoms with Crippen molar-refractivity contribution in [2.75, 3.05) is 6.54 Å². The first-order valence-corrected chi connectivity index (χ1v) is 7.39. The highest BCUT2D eigenvalue weighted by molar-refractivity contribution is 6.32. The third-order valence-corrected chi connectivity index (χ3v) is 3.99. The summed E-state index contributed by atoms with van der Waals surface area (Å²) in [5.41, 5.74) is -0.803. The number of benzene rings is 1. The van der Waals surface area contributed by atoms with Crippen LogP contribution in [0.2, 0.25) is 5.02 Å². The number of hydrogen-bond donors (Lipinski definition) is 2. The Morgan fingerprint density at radius 2 is 2.19 bits per heavy atom. The number of aliphatic hydroxyl groups is 1. The first kappa shape index (κ1) is 16.0. The number of amides is 1. The highest BCUT2D eigenvalue weighted by Gasteiger charge is 2.32. The summed E-state index contributed by atoms with van der Waals surface area (Å²) in [5.74, 6) is -0.552. The molecule has 116 valence electrons. The van der Waals surface area contributed by atoms with Gasteiger partial charge in [-0.05, 0) is 38.0 Å². The van der Waals surface area contributed by atoms with Crippen LogP contribution in [0.5, 0.6) is 5.75 Å². The molecule has 1 amide bonds. The molecule has 2 N–H and O–H groups in total. The summed E-state index contributed by atoms with van der Waals surface area (Å²) >= 11 is 5.84. The van der Waals surface area contributed by atoms with Crippen LogP contribution in [0.15, 0.2) is 18.2 Å². The Hall–Kier alpha value is -1.33. The van der Waals surface area contributed by atoms with Gasteiger partial charge in [0.25, 0.3) is 5.91 Å². The van der Waals surface area contributed by atoms with Gasteiger partial charge < -0.3 is 15.2 Å². The number of halogens is 2. The van der Waals surface area contributed by atoms with E-state index in [0.29, 0.717) is 12.8 Å². The summed E-state index contributed by atoms with van der Waals surface area (Å²) in [6.45, 7) is 1.80. The van der Waals surface area contributed by atoms with Crippen molar-refractivity contribution in [1.29, 1.82) is 0 Å². The number of carbonyl (C=O) groups excluding carboxylic acids is 1. The second-order valence-electron chi connectivity index (χ2n) is 5.48. The molecule has 0 spiro atoms. The fourth-order valence-electron chi connectivity index (χ4n) is 2.42. The molecule has 1 aromatic carbocycles. The van der Waals surface area contributed by atoms with Crippen LogP contribution in [-0.2, 0) is 4.79 Å². The SMILES string of the molecule is CC(Oc1ccc(F)cc1Cl)C(=O)NCC1(O)CCCC1. The van der Waals surface area contributed by atoms with E-state index in [9.17, 15) is 14.3 Å². The van der Waals surface area contributed by atoms with E-state index in [2.05, 4.69) is 5.32 Å². The van der Waals surface area contributed by atoms with E-state index in [0.717, 1.165) is 18.9 Å². The van der Waals surface area contributed by atoms with Crippen molar-refractivity contribution in [1.82, 2.24) is 5.32 Å². The molecule has 0 aliphatic heterocycles. The Labute approximate surface area is 128 Å². The largest absolute Gasteiger partial charge is 0.479 e. The van der Waals surface area contributed by atoms with Gasteiger partial charge in [-0.25, -0.2) is 4.39 Å². The average Bonchev–Trinajstić information content (AvgIpc) is 2.86. The Morgan fingerprint density at radius 3 is 2.81 bits per heavy atom. The zero-order chi connectivity index (χ0) is 15.5. The van der Waals surface area contributed by atoms with Crippen molar-refractivity contribution in [2.45, 2.75) is 44.3 Å². The van der Waals surface area contributed by atoms with Gasteiger partial charge in [0.15, 0.2) is 6.10 Å². The predicted molar refractivity (Wildman–Crippen MR) is 77.9 cm³/mol. The number of carbonyl (C=O) groups is 1. The molecule has 1 aliphatic carbocycles. The lowest BCUT2D eigenvalue weighted by atomic mass is 10.0. The van der Waals surface area contributed by atoms with Crippen LogP contribution in [-0.4, -0.2) is 29.3 Å². The molecule has 0 radical (unpaired) electrons. The van der Waals surface area contributed by atoms with Gasteiger partial charge in [-0.1, -0.05) is 24.4 Å². The van der Waals surface area contributed by atoms with Crippen LogP contribution >= 0.6 is 11.6 Å². The third kappa shape index (κ3) is 4.32. The van der Waals surface area contributed by atoms with Gasteiger partial charge in [0.1, 0.15) is 11.6 Å². The maximum Gasteiger partial charge on any atom is 0.260 e. The van der Waals surface area contributed by atoms with Gasteiger partial charge in [-0.2, -0.15) is 0 Å². The van der Waals surface area contributed by atoms with E-state index in [-0.39, 0.29) is 23.2 Å². The maximum absolute atomic E-state index is 12.9. The average molecular weight is 316 g/mol. The van der Waals surface area contributed by atoms with Crippen LogP contribution in [0.1, 0.15) is 32.6 Å². The molecule has 0 saturated heterocycles. The topological polar surface area (TPSA) is 58.6 Å². The van der Waals surface area contributed by atoms with Crippen molar-refractivity contribution in [3.63, 3.8) is 0 Å². The Bertz CT molecular complexity index is 518. The summed E-state index contributed by atoms with van der Waals surface area (Å²) in [5, 5.41) is 13.0. The van der Waals surface area contributed by atoms with Crippen LogP contribution < -0.4 is 10.1 Å². The fourth-order valence-corrected chi connectivity index (χ4v) is 2.63. The molecule has 1 fully saturated rings. The van der Waals surface area contributed by atoms with Crippen molar-refractivity contribution in [3.8, 4) is 5.75 Å². The normalized spacial score (nSPS) is 18.3. The molecule has 0 aromatic heterocycles. The highest BCUT2D eigenvalue weighted by Crippen LogP contribution is 2.29. The van der Waals surface area contributed by atoms with Gasteiger partial charge in [-0.15, -0.1) is 0 Å². The highest BCUT2D eigenvalue weighted by atomic mass is 35.5. The second-order valence-corrected chi connectivity index (χ2v) is 5.89. The summed E-state index contributed by atoms with van der Waals surface area (Å²) in [6.07, 6.45) is 2.57. The monoisotopic (exact) mass is 315 g/mol. The van der Waals surface area contributed by atoms with Crippen LogP contribution in [0.25, 0.3) is 0 Å². The smallest absolute Gasteiger partial charge is 0.260 e. The molecule has 21 heavy (non-hydrogen) atoms. The standard InChI is InChI=1S/C15H19ClFNO3/c1-10(21-13-5-4-11(17)8-12(13)16)14(19)18-9-15(20)6-2-3-7-15/h4-5,8,10,20H,2-3,6-7,9H2,1H3,(H,18,19). The summed E-state index contributed by atoms with van der Waals surface area (Å²) in [6, 6.07) is 3.72.